The number of benzene rings is 2. The topological polar surface area (TPSA) is 80.4 Å². The summed E-state index contributed by atoms with van der Waals surface area (Å²) >= 11 is 0. The van der Waals surface area contributed by atoms with Gasteiger partial charge in [-0.05, 0) is 31.0 Å². The van der Waals surface area contributed by atoms with Crippen LogP contribution in [0.25, 0.3) is 11.1 Å². The Labute approximate surface area is 115 Å². The molecule has 102 valence electrons. The summed E-state index contributed by atoms with van der Waals surface area (Å²) in [5, 5.41) is 19.9. The number of nitrogens with zero attached hydrogens (tertiary/aromatic N) is 1. The van der Waals surface area contributed by atoms with Gasteiger partial charge in [-0.15, -0.1) is 0 Å². The van der Waals surface area contributed by atoms with Crippen LogP contribution in [0.5, 0.6) is 0 Å². The van der Waals surface area contributed by atoms with Gasteiger partial charge in [0, 0.05) is 6.07 Å². The van der Waals surface area contributed by atoms with Gasteiger partial charge in [-0.1, -0.05) is 35.4 Å². The lowest BCUT2D eigenvalue weighted by atomic mass is 9.99. The van der Waals surface area contributed by atoms with Crippen LogP contribution in [0.2, 0.25) is 0 Å². The molecule has 0 heterocycles. The minimum absolute atomic E-state index is 0.303. The molecule has 0 fully saturated rings. The van der Waals surface area contributed by atoms with Crippen LogP contribution in [-0.2, 0) is 0 Å². The molecule has 0 saturated carbocycles. The zero-order chi connectivity index (χ0) is 14.9. The van der Waals surface area contributed by atoms with E-state index in [2.05, 4.69) is 0 Å². The fourth-order valence-corrected chi connectivity index (χ4v) is 2.18. The third-order valence-corrected chi connectivity index (χ3v) is 2.98. The third kappa shape index (κ3) is 2.66. The average Bonchev–Trinajstić information content (AvgIpc) is 2.36. The van der Waals surface area contributed by atoms with Crippen LogP contribution in [-0.4, -0.2) is 16.0 Å². The van der Waals surface area contributed by atoms with Crippen molar-refractivity contribution in [2.24, 2.45) is 0 Å². The molecule has 0 aliphatic carbocycles. The SMILES string of the molecule is Cc1cc(C)cc(-c2ccc(C(=O)O)c([N+](=O)[O-])c2)c1. The number of aryl methyl sites for hydroxylation is 2. The molecule has 0 radical (unpaired) electrons. The highest BCUT2D eigenvalue weighted by molar-refractivity contribution is 5.93. The maximum atomic E-state index is 11.0. The number of carbonyl (C=O) groups is 1. The third-order valence-electron chi connectivity index (χ3n) is 2.98. The van der Waals surface area contributed by atoms with E-state index in [1.807, 2.05) is 32.0 Å². The second-order valence-corrected chi connectivity index (χ2v) is 4.67. The van der Waals surface area contributed by atoms with Crippen LogP contribution in [0.3, 0.4) is 0 Å². The zero-order valence-electron chi connectivity index (χ0n) is 11.1. The van der Waals surface area contributed by atoms with E-state index in [1.54, 1.807) is 6.07 Å². The molecule has 0 aromatic heterocycles. The van der Waals surface area contributed by atoms with Gasteiger partial charge < -0.3 is 5.11 Å². The van der Waals surface area contributed by atoms with Gasteiger partial charge in [0.2, 0.25) is 0 Å². The average molecular weight is 271 g/mol. The van der Waals surface area contributed by atoms with Crippen molar-refractivity contribution in [3.8, 4) is 11.1 Å². The van der Waals surface area contributed by atoms with E-state index in [-0.39, 0.29) is 5.56 Å². The molecule has 0 unspecified atom stereocenters. The molecule has 0 bridgehead atoms. The lowest BCUT2D eigenvalue weighted by molar-refractivity contribution is -0.385. The lowest BCUT2D eigenvalue weighted by Gasteiger charge is -2.06. The predicted molar refractivity (Wildman–Crippen MR) is 75.0 cm³/mol. The Morgan fingerprint density at radius 1 is 1.05 bits per heavy atom. The largest absolute Gasteiger partial charge is 0.477 e. The molecule has 0 atom stereocenters. The molecule has 2 aromatic carbocycles. The summed E-state index contributed by atoms with van der Waals surface area (Å²) in [4.78, 5) is 21.3. The number of hydrogen-bond acceptors (Lipinski definition) is 3. The summed E-state index contributed by atoms with van der Waals surface area (Å²) in [6.07, 6.45) is 0. The predicted octanol–water partition coefficient (Wildman–Crippen LogP) is 3.58. The van der Waals surface area contributed by atoms with E-state index in [0.29, 0.717) is 5.56 Å². The Morgan fingerprint density at radius 2 is 1.65 bits per heavy atom. The molecule has 0 aliphatic rings. The first-order valence-corrected chi connectivity index (χ1v) is 5.99. The maximum Gasteiger partial charge on any atom is 0.342 e. The monoisotopic (exact) mass is 271 g/mol. The minimum Gasteiger partial charge on any atom is -0.477 e. The fourth-order valence-electron chi connectivity index (χ4n) is 2.18. The van der Waals surface area contributed by atoms with E-state index in [0.717, 1.165) is 16.7 Å². The van der Waals surface area contributed by atoms with Crippen molar-refractivity contribution in [3.63, 3.8) is 0 Å². The molecule has 0 saturated heterocycles. The van der Waals surface area contributed by atoms with Gasteiger partial charge in [-0.3, -0.25) is 10.1 Å². The first kappa shape index (κ1) is 13.7. The van der Waals surface area contributed by atoms with Gasteiger partial charge in [0.15, 0.2) is 0 Å². The molecule has 5 heteroatoms. The summed E-state index contributed by atoms with van der Waals surface area (Å²) < 4.78 is 0. The maximum absolute atomic E-state index is 11.0. The Morgan fingerprint density at radius 3 is 2.15 bits per heavy atom. The van der Waals surface area contributed by atoms with Crippen molar-refractivity contribution in [2.45, 2.75) is 13.8 Å². The van der Waals surface area contributed by atoms with Gasteiger partial charge in [-0.2, -0.15) is 0 Å². The van der Waals surface area contributed by atoms with Crippen molar-refractivity contribution in [2.75, 3.05) is 0 Å². The molecule has 0 spiro atoms. The van der Waals surface area contributed by atoms with Crippen LogP contribution in [0.4, 0.5) is 5.69 Å². The number of rotatable bonds is 3. The number of carboxylic acids is 1. The number of hydrogen-bond donors (Lipinski definition) is 1. The smallest absolute Gasteiger partial charge is 0.342 e. The van der Waals surface area contributed by atoms with Crippen LogP contribution in [0, 0.1) is 24.0 Å². The van der Waals surface area contributed by atoms with Gasteiger partial charge in [0.05, 0.1) is 4.92 Å². The highest BCUT2D eigenvalue weighted by Gasteiger charge is 2.20. The van der Waals surface area contributed by atoms with Gasteiger partial charge >= 0.3 is 5.97 Å². The van der Waals surface area contributed by atoms with Crippen molar-refractivity contribution in [1.82, 2.24) is 0 Å². The van der Waals surface area contributed by atoms with Crippen LogP contribution in [0.1, 0.15) is 21.5 Å². The van der Waals surface area contributed by atoms with E-state index >= 15 is 0 Å². The number of aromatic carboxylic acids is 1. The minimum atomic E-state index is -1.30. The normalized spacial score (nSPS) is 10.3. The van der Waals surface area contributed by atoms with Crippen LogP contribution < -0.4 is 0 Å². The quantitative estimate of drug-likeness (QED) is 0.683. The van der Waals surface area contributed by atoms with Crippen molar-refractivity contribution < 1.29 is 14.8 Å². The van der Waals surface area contributed by atoms with Crippen molar-refractivity contribution in [1.29, 1.82) is 0 Å². The second-order valence-electron chi connectivity index (χ2n) is 4.67. The van der Waals surface area contributed by atoms with Crippen molar-refractivity contribution >= 4 is 11.7 Å². The molecule has 1 N–H and O–H groups in total. The molecule has 2 rings (SSSR count). The first-order valence-electron chi connectivity index (χ1n) is 5.99. The molecular formula is C15H13NO4. The highest BCUT2D eigenvalue weighted by atomic mass is 16.6. The van der Waals surface area contributed by atoms with Crippen molar-refractivity contribution in [3.05, 3.63) is 63.2 Å². The van der Waals surface area contributed by atoms with E-state index in [4.69, 9.17) is 5.11 Å². The Kier molecular flexibility index (Phi) is 3.52. The number of nitro benzene ring substituents is 1. The summed E-state index contributed by atoms with van der Waals surface area (Å²) in [6, 6.07) is 9.98. The number of carboxylic acid groups (broad SMARTS) is 1. The van der Waals surface area contributed by atoms with Crippen LogP contribution >= 0.6 is 0 Å². The Hall–Kier alpha value is -2.69. The molecule has 5 nitrogen and oxygen atoms in total. The Balaban J connectivity index is 2.61. The summed E-state index contributed by atoms with van der Waals surface area (Å²) in [7, 11) is 0. The zero-order valence-corrected chi connectivity index (χ0v) is 11.1. The standard InChI is InChI=1S/C15H13NO4/c1-9-5-10(2)7-12(6-9)11-3-4-13(15(17)18)14(8-11)16(19)20/h3-8H,1-2H3,(H,17,18). The molecule has 0 aliphatic heterocycles. The molecule has 2 aromatic rings. The van der Waals surface area contributed by atoms with Gasteiger partial charge in [0.1, 0.15) is 5.56 Å². The second kappa shape index (κ2) is 5.13. The van der Waals surface area contributed by atoms with E-state index in [1.165, 1.54) is 12.1 Å². The summed E-state index contributed by atoms with van der Waals surface area (Å²) in [5.41, 5.74) is 2.86. The highest BCUT2D eigenvalue weighted by Crippen LogP contribution is 2.28. The van der Waals surface area contributed by atoms with E-state index in [9.17, 15) is 14.9 Å². The Bertz CT molecular complexity index is 687. The van der Waals surface area contributed by atoms with Gasteiger partial charge in [-0.25, -0.2) is 4.79 Å². The lowest BCUT2D eigenvalue weighted by Crippen LogP contribution is -2.02. The van der Waals surface area contributed by atoms with Gasteiger partial charge in [0.25, 0.3) is 5.69 Å². The molecular weight excluding hydrogens is 258 g/mol. The molecule has 20 heavy (non-hydrogen) atoms. The van der Waals surface area contributed by atoms with Crippen LogP contribution in [0.15, 0.2) is 36.4 Å². The summed E-state index contributed by atoms with van der Waals surface area (Å²) in [6.45, 7) is 3.88. The molecule has 0 amide bonds. The summed E-state index contributed by atoms with van der Waals surface area (Å²) in [5.74, 6) is -1.30. The fraction of sp³-hybridized carbons (Fsp3) is 0.133. The first-order chi connectivity index (χ1) is 9.38. The number of nitro groups is 1. The van der Waals surface area contributed by atoms with E-state index < -0.39 is 16.6 Å².